The van der Waals surface area contributed by atoms with Crippen LogP contribution in [0.25, 0.3) is 0 Å². The van der Waals surface area contributed by atoms with Crippen LogP contribution in [0, 0.1) is 0 Å². The zero-order valence-electron chi connectivity index (χ0n) is 6.55. The minimum absolute atomic E-state index is 0.0741. The van der Waals surface area contributed by atoms with E-state index in [9.17, 15) is 13.6 Å². The fourth-order valence-corrected chi connectivity index (χ4v) is 1.52. The molecule has 0 radical (unpaired) electrons. The highest BCUT2D eigenvalue weighted by Gasteiger charge is 2.78. The van der Waals surface area contributed by atoms with Gasteiger partial charge in [0.25, 0.3) is 5.92 Å². The summed E-state index contributed by atoms with van der Waals surface area (Å²) in [6.45, 7) is 0. The zero-order chi connectivity index (χ0) is 9.69. The number of aromatic nitrogens is 1. The Bertz CT molecular complexity index is 347. The molecule has 0 saturated heterocycles. The van der Waals surface area contributed by atoms with Crippen LogP contribution in [0.2, 0.25) is 0 Å². The molecule has 1 heterocycles. The molecule has 1 aliphatic rings. The van der Waals surface area contributed by atoms with E-state index in [0.29, 0.717) is 0 Å². The third kappa shape index (κ3) is 0.839. The van der Waals surface area contributed by atoms with Crippen molar-refractivity contribution >= 4 is 5.97 Å². The van der Waals surface area contributed by atoms with Crippen molar-refractivity contribution in [3.05, 3.63) is 24.0 Å². The summed E-state index contributed by atoms with van der Waals surface area (Å²) in [5.41, 5.74) is -1.93. The number of aliphatic carboxylic acids is 1. The molecule has 0 aromatic carbocycles. The number of rotatable bonds is 2. The minimum atomic E-state index is -3.12. The van der Waals surface area contributed by atoms with E-state index in [1.807, 2.05) is 0 Å². The predicted molar refractivity (Wildman–Crippen MR) is 39.7 cm³/mol. The largest absolute Gasteiger partial charge is 0.480 e. The lowest BCUT2D eigenvalue weighted by Gasteiger charge is -2.08. The number of H-pyrrole nitrogens is 1. The van der Waals surface area contributed by atoms with Crippen LogP contribution in [0.1, 0.15) is 12.1 Å². The first-order valence-electron chi connectivity index (χ1n) is 3.76. The third-order valence-corrected chi connectivity index (χ3v) is 2.41. The lowest BCUT2D eigenvalue weighted by atomic mass is 10.0. The minimum Gasteiger partial charge on any atom is -0.480 e. The maximum absolute atomic E-state index is 12.9. The molecule has 2 rings (SSSR count). The molecule has 1 unspecified atom stereocenters. The van der Waals surface area contributed by atoms with E-state index < -0.39 is 23.7 Å². The van der Waals surface area contributed by atoms with Gasteiger partial charge in [0.2, 0.25) is 0 Å². The first kappa shape index (κ1) is 8.22. The SMILES string of the molecule is O=C(O)C1(c2ccc[nH]2)CC1(F)F. The third-order valence-electron chi connectivity index (χ3n) is 2.41. The van der Waals surface area contributed by atoms with Crippen LogP contribution >= 0.6 is 0 Å². The predicted octanol–water partition coefficient (Wildman–Crippen LogP) is 1.38. The highest BCUT2D eigenvalue weighted by Crippen LogP contribution is 2.61. The topological polar surface area (TPSA) is 53.1 Å². The van der Waals surface area contributed by atoms with Gasteiger partial charge >= 0.3 is 5.97 Å². The van der Waals surface area contributed by atoms with Gasteiger partial charge in [0.1, 0.15) is 0 Å². The van der Waals surface area contributed by atoms with Gasteiger partial charge in [-0.3, -0.25) is 4.79 Å². The molecule has 1 fully saturated rings. The summed E-state index contributed by atoms with van der Waals surface area (Å²) in [6, 6.07) is 2.88. The van der Waals surface area contributed by atoms with Gasteiger partial charge < -0.3 is 10.1 Å². The molecule has 1 aliphatic carbocycles. The Morgan fingerprint density at radius 3 is 2.54 bits per heavy atom. The number of alkyl halides is 2. The van der Waals surface area contributed by atoms with Crippen molar-refractivity contribution in [1.82, 2.24) is 4.98 Å². The Balaban J connectivity index is 2.45. The number of hydrogen-bond donors (Lipinski definition) is 2. The molecule has 1 aromatic rings. The summed E-state index contributed by atoms with van der Waals surface area (Å²) in [7, 11) is 0. The van der Waals surface area contributed by atoms with Crippen molar-refractivity contribution in [1.29, 1.82) is 0 Å². The van der Waals surface area contributed by atoms with Crippen molar-refractivity contribution in [3.63, 3.8) is 0 Å². The Hall–Kier alpha value is -1.39. The van der Waals surface area contributed by atoms with Crippen LogP contribution < -0.4 is 0 Å². The molecule has 2 N–H and O–H groups in total. The van der Waals surface area contributed by atoms with E-state index in [4.69, 9.17) is 5.11 Å². The van der Waals surface area contributed by atoms with Gasteiger partial charge in [-0.1, -0.05) is 0 Å². The van der Waals surface area contributed by atoms with Gasteiger partial charge in [-0.15, -0.1) is 0 Å². The molecule has 0 bridgehead atoms. The van der Waals surface area contributed by atoms with Crippen LogP contribution in [0.15, 0.2) is 18.3 Å². The molecule has 70 valence electrons. The van der Waals surface area contributed by atoms with Crippen molar-refractivity contribution in [3.8, 4) is 0 Å². The number of halogens is 2. The molecule has 0 spiro atoms. The molecule has 0 amide bonds. The fourth-order valence-electron chi connectivity index (χ4n) is 1.52. The van der Waals surface area contributed by atoms with E-state index in [2.05, 4.69) is 4.98 Å². The molecular weight excluding hydrogens is 180 g/mol. The van der Waals surface area contributed by atoms with Crippen molar-refractivity contribution in [2.75, 3.05) is 0 Å². The molecule has 3 nitrogen and oxygen atoms in total. The van der Waals surface area contributed by atoms with E-state index in [0.717, 1.165) is 0 Å². The van der Waals surface area contributed by atoms with Crippen LogP contribution in [-0.2, 0) is 10.2 Å². The monoisotopic (exact) mass is 187 g/mol. The van der Waals surface area contributed by atoms with Gasteiger partial charge in [0.15, 0.2) is 5.41 Å². The van der Waals surface area contributed by atoms with E-state index in [1.54, 1.807) is 0 Å². The smallest absolute Gasteiger partial charge is 0.322 e. The lowest BCUT2D eigenvalue weighted by molar-refractivity contribution is -0.143. The maximum atomic E-state index is 12.9. The number of nitrogens with one attached hydrogen (secondary N) is 1. The number of hydrogen-bond acceptors (Lipinski definition) is 1. The first-order chi connectivity index (χ1) is 6.01. The highest BCUT2D eigenvalue weighted by atomic mass is 19.3. The van der Waals surface area contributed by atoms with Gasteiger partial charge in [-0.25, -0.2) is 8.78 Å². The average Bonchev–Trinajstić information content (AvgIpc) is 2.52. The summed E-state index contributed by atoms with van der Waals surface area (Å²) in [4.78, 5) is 13.2. The van der Waals surface area contributed by atoms with E-state index in [1.165, 1.54) is 18.3 Å². The standard InChI is InChI=1S/C8H7F2NO2/c9-8(10)4-7(8,6(12)13)5-2-1-3-11-5/h1-3,11H,4H2,(H,12,13). The first-order valence-corrected chi connectivity index (χ1v) is 3.76. The molecular formula is C8H7F2NO2. The average molecular weight is 187 g/mol. The van der Waals surface area contributed by atoms with Crippen molar-refractivity contribution < 1.29 is 18.7 Å². The van der Waals surface area contributed by atoms with Crippen LogP contribution in [0.4, 0.5) is 8.78 Å². The Morgan fingerprint density at radius 2 is 2.23 bits per heavy atom. The Labute approximate surface area is 72.4 Å². The summed E-state index contributed by atoms with van der Waals surface area (Å²) < 4.78 is 25.7. The van der Waals surface area contributed by atoms with E-state index >= 15 is 0 Å². The maximum Gasteiger partial charge on any atom is 0.322 e. The van der Waals surface area contributed by atoms with Crippen molar-refractivity contribution in [2.45, 2.75) is 17.8 Å². The van der Waals surface area contributed by atoms with Gasteiger partial charge in [-0.05, 0) is 12.1 Å². The molecule has 1 atom stereocenters. The van der Waals surface area contributed by atoms with Gasteiger partial charge in [0, 0.05) is 18.3 Å². The fraction of sp³-hybridized carbons (Fsp3) is 0.375. The Kier molecular flexibility index (Phi) is 1.33. The summed E-state index contributed by atoms with van der Waals surface area (Å²) in [5, 5.41) is 8.71. The molecule has 1 aromatic heterocycles. The summed E-state index contributed by atoms with van der Waals surface area (Å²) >= 11 is 0. The molecule has 13 heavy (non-hydrogen) atoms. The quantitative estimate of drug-likeness (QED) is 0.734. The molecule has 0 aliphatic heterocycles. The lowest BCUT2D eigenvalue weighted by Crippen LogP contribution is -2.27. The molecule has 1 saturated carbocycles. The van der Waals surface area contributed by atoms with Crippen LogP contribution in [-0.4, -0.2) is 22.0 Å². The van der Waals surface area contributed by atoms with E-state index in [-0.39, 0.29) is 5.69 Å². The van der Waals surface area contributed by atoms with Crippen molar-refractivity contribution in [2.24, 2.45) is 0 Å². The second kappa shape index (κ2) is 2.10. The Morgan fingerprint density at radius 1 is 1.62 bits per heavy atom. The number of carboxylic acids is 1. The number of carbonyl (C=O) groups is 1. The van der Waals surface area contributed by atoms with Crippen LogP contribution in [0.3, 0.4) is 0 Å². The number of aromatic amines is 1. The summed E-state index contributed by atoms with van der Waals surface area (Å²) in [5.74, 6) is -4.59. The highest BCUT2D eigenvalue weighted by molar-refractivity contribution is 5.87. The van der Waals surface area contributed by atoms with Crippen LogP contribution in [0.5, 0.6) is 0 Å². The molecule has 5 heteroatoms. The van der Waals surface area contributed by atoms with Gasteiger partial charge in [0.05, 0.1) is 0 Å². The summed E-state index contributed by atoms with van der Waals surface area (Å²) in [6.07, 6.45) is 0.824. The second-order valence-corrected chi connectivity index (χ2v) is 3.18. The van der Waals surface area contributed by atoms with Gasteiger partial charge in [-0.2, -0.15) is 0 Å². The normalized spacial score (nSPS) is 30.0. The zero-order valence-corrected chi connectivity index (χ0v) is 6.55. The number of carboxylic acid groups (broad SMARTS) is 1. The second-order valence-electron chi connectivity index (χ2n) is 3.18.